The average molecular weight is 214 g/mol. The second-order valence-corrected chi connectivity index (χ2v) is 6.60. The van der Waals surface area contributed by atoms with Gasteiger partial charge in [0.15, 0.2) is 0 Å². The summed E-state index contributed by atoms with van der Waals surface area (Å²) in [6.45, 7) is 12.8. The normalized spacial score (nSPS) is 31.6. The maximum Gasteiger partial charge on any atom is 0.106 e. The molecule has 0 spiro atoms. The molecule has 0 radical (unpaired) electrons. The van der Waals surface area contributed by atoms with Crippen LogP contribution in [0.3, 0.4) is 0 Å². The lowest BCUT2D eigenvalue weighted by Crippen LogP contribution is -2.48. The first kappa shape index (κ1) is 13.0. The summed E-state index contributed by atoms with van der Waals surface area (Å²) < 4.78 is 0. The van der Waals surface area contributed by atoms with Crippen LogP contribution < -0.4 is 0 Å². The highest BCUT2D eigenvalue weighted by atomic mass is 17.2. The maximum absolute atomic E-state index is 5.75. The summed E-state index contributed by atoms with van der Waals surface area (Å²) in [5.74, 6) is 0. The molecule has 1 rings (SSSR count). The summed E-state index contributed by atoms with van der Waals surface area (Å²) in [7, 11) is 0. The van der Waals surface area contributed by atoms with Crippen LogP contribution in [0.25, 0.3) is 0 Å². The standard InChI is InChI=1S/C13H26O2/c1-11(2,3)14-15-13(6)10-8-7-9-12(13,4)5/h7-10H2,1-6H3. The number of rotatable bonds is 2. The first-order chi connectivity index (χ1) is 6.66. The fourth-order valence-corrected chi connectivity index (χ4v) is 2.00. The lowest BCUT2D eigenvalue weighted by atomic mass is 9.66. The van der Waals surface area contributed by atoms with E-state index in [1.54, 1.807) is 0 Å². The van der Waals surface area contributed by atoms with Crippen LogP contribution in [0.15, 0.2) is 0 Å². The van der Waals surface area contributed by atoms with Crippen molar-refractivity contribution < 1.29 is 9.78 Å². The Morgan fingerprint density at radius 2 is 1.47 bits per heavy atom. The third-order valence-electron chi connectivity index (χ3n) is 3.61. The topological polar surface area (TPSA) is 18.5 Å². The number of hydrogen-bond acceptors (Lipinski definition) is 2. The van der Waals surface area contributed by atoms with Gasteiger partial charge in [0.2, 0.25) is 0 Å². The minimum atomic E-state index is -0.226. The van der Waals surface area contributed by atoms with Gasteiger partial charge in [-0.3, -0.25) is 0 Å². The van der Waals surface area contributed by atoms with Gasteiger partial charge in [-0.1, -0.05) is 26.7 Å². The Balaban J connectivity index is 2.63. The van der Waals surface area contributed by atoms with Crippen LogP contribution in [0.4, 0.5) is 0 Å². The molecule has 1 aliphatic rings. The van der Waals surface area contributed by atoms with Crippen molar-refractivity contribution in [2.75, 3.05) is 0 Å². The average Bonchev–Trinajstić information content (AvgIpc) is 2.06. The Labute approximate surface area is 94.3 Å². The minimum absolute atomic E-state index is 0.140. The van der Waals surface area contributed by atoms with Gasteiger partial charge in [0, 0.05) is 0 Å². The van der Waals surface area contributed by atoms with E-state index in [-0.39, 0.29) is 16.6 Å². The first-order valence-corrected chi connectivity index (χ1v) is 6.03. The van der Waals surface area contributed by atoms with Crippen LogP contribution in [-0.4, -0.2) is 11.2 Å². The van der Waals surface area contributed by atoms with E-state index in [4.69, 9.17) is 9.78 Å². The summed E-state index contributed by atoms with van der Waals surface area (Å²) in [5, 5.41) is 0. The highest BCUT2D eigenvalue weighted by Crippen LogP contribution is 2.46. The molecule has 0 bridgehead atoms. The second-order valence-electron chi connectivity index (χ2n) is 6.60. The summed E-state index contributed by atoms with van der Waals surface area (Å²) in [6, 6.07) is 0. The van der Waals surface area contributed by atoms with Crippen molar-refractivity contribution in [2.45, 2.75) is 78.4 Å². The van der Waals surface area contributed by atoms with Crippen LogP contribution in [0.5, 0.6) is 0 Å². The molecule has 0 saturated heterocycles. The van der Waals surface area contributed by atoms with Crippen molar-refractivity contribution in [3.05, 3.63) is 0 Å². The Hall–Kier alpha value is -0.0800. The molecule has 2 heteroatoms. The Morgan fingerprint density at radius 3 is 1.93 bits per heavy atom. The van der Waals surface area contributed by atoms with Gasteiger partial charge in [0.25, 0.3) is 0 Å². The summed E-state index contributed by atoms with van der Waals surface area (Å²) in [5.41, 5.74) is -0.161. The molecule has 1 atom stereocenters. The van der Waals surface area contributed by atoms with E-state index >= 15 is 0 Å². The lowest BCUT2D eigenvalue weighted by molar-refractivity contribution is -0.422. The summed E-state index contributed by atoms with van der Waals surface area (Å²) >= 11 is 0. The van der Waals surface area contributed by atoms with Gasteiger partial charge in [-0.05, 0) is 46.0 Å². The fraction of sp³-hybridized carbons (Fsp3) is 1.00. The molecular formula is C13H26O2. The van der Waals surface area contributed by atoms with Gasteiger partial charge in [-0.25, -0.2) is 9.78 Å². The third kappa shape index (κ3) is 3.18. The zero-order valence-corrected chi connectivity index (χ0v) is 11.1. The predicted molar refractivity (Wildman–Crippen MR) is 62.6 cm³/mol. The van der Waals surface area contributed by atoms with E-state index < -0.39 is 0 Å². The van der Waals surface area contributed by atoms with Crippen molar-refractivity contribution in [1.29, 1.82) is 0 Å². The Morgan fingerprint density at radius 1 is 0.933 bits per heavy atom. The van der Waals surface area contributed by atoms with E-state index in [9.17, 15) is 0 Å². The molecule has 1 unspecified atom stereocenters. The monoisotopic (exact) mass is 214 g/mol. The van der Waals surface area contributed by atoms with E-state index in [2.05, 4.69) is 20.8 Å². The third-order valence-corrected chi connectivity index (χ3v) is 3.61. The Bertz CT molecular complexity index is 215. The molecule has 1 aliphatic carbocycles. The number of hydrogen-bond donors (Lipinski definition) is 0. The van der Waals surface area contributed by atoms with Crippen LogP contribution in [0, 0.1) is 5.41 Å². The molecule has 15 heavy (non-hydrogen) atoms. The highest BCUT2D eigenvalue weighted by Gasteiger charge is 2.45. The van der Waals surface area contributed by atoms with E-state index in [0.29, 0.717) is 0 Å². The van der Waals surface area contributed by atoms with Gasteiger partial charge >= 0.3 is 0 Å². The van der Waals surface area contributed by atoms with Crippen LogP contribution in [0.2, 0.25) is 0 Å². The molecule has 1 saturated carbocycles. The molecular weight excluding hydrogens is 188 g/mol. The van der Waals surface area contributed by atoms with Crippen LogP contribution in [-0.2, 0) is 9.78 Å². The molecule has 0 amide bonds. The van der Waals surface area contributed by atoms with Crippen LogP contribution >= 0.6 is 0 Å². The maximum atomic E-state index is 5.75. The molecule has 0 aliphatic heterocycles. The van der Waals surface area contributed by atoms with Gasteiger partial charge in [0.1, 0.15) is 5.60 Å². The predicted octanol–water partition coefficient (Wildman–Crippen LogP) is 4.09. The summed E-state index contributed by atoms with van der Waals surface area (Å²) in [4.78, 5) is 11.3. The zero-order chi connectivity index (χ0) is 11.7. The van der Waals surface area contributed by atoms with Crippen molar-refractivity contribution in [2.24, 2.45) is 5.41 Å². The van der Waals surface area contributed by atoms with Crippen molar-refractivity contribution in [1.82, 2.24) is 0 Å². The van der Waals surface area contributed by atoms with Crippen molar-refractivity contribution >= 4 is 0 Å². The second kappa shape index (κ2) is 4.06. The largest absolute Gasteiger partial charge is 0.230 e. The molecule has 0 aromatic carbocycles. The quantitative estimate of drug-likeness (QED) is 0.509. The smallest absolute Gasteiger partial charge is 0.106 e. The molecule has 0 heterocycles. The molecule has 90 valence electrons. The first-order valence-electron chi connectivity index (χ1n) is 6.03. The highest BCUT2D eigenvalue weighted by molar-refractivity contribution is 4.93. The van der Waals surface area contributed by atoms with E-state index in [1.165, 1.54) is 19.3 Å². The van der Waals surface area contributed by atoms with Gasteiger partial charge in [-0.2, -0.15) is 0 Å². The summed E-state index contributed by atoms with van der Waals surface area (Å²) in [6.07, 6.45) is 4.86. The lowest BCUT2D eigenvalue weighted by Gasteiger charge is -2.47. The molecule has 1 fully saturated rings. The van der Waals surface area contributed by atoms with Crippen molar-refractivity contribution in [3.8, 4) is 0 Å². The van der Waals surface area contributed by atoms with Gasteiger partial charge < -0.3 is 0 Å². The minimum Gasteiger partial charge on any atom is -0.230 e. The molecule has 0 aromatic heterocycles. The van der Waals surface area contributed by atoms with Gasteiger partial charge in [-0.15, -0.1) is 0 Å². The SMILES string of the molecule is CC(C)(C)OOC1(C)CCCCC1(C)C. The fourth-order valence-electron chi connectivity index (χ4n) is 2.00. The Kier molecular flexibility index (Phi) is 3.52. The van der Waals surface area contributed by atoms with E-state index in [1.807, 2.05) is 20.8 Å². The molecule has 0 N–H and O–H groups in total. The molecule has 0 aromatic rings. The van der Waals surface area contributed by atoms with Gasteiger partial charge in [0.05, 0.1) is 5.60 Å². The molecule has 2 nitrogen and oxygen atoms in total. The van der Waals surface area contributed by atoms with Crippen LogP contribution in [0.1, 0.15) is 67.2 Å². The van der Waals surface area contributed by atoms with E-state index in [0.717, 1.165) is 6.42 Å². The van der Waals surface area contributed by atoms with Crippen molar-refractivity contribution in [3.63, 3.8) is 0 Å². The zero-order valence-electron chi connectivity index (χ0n) is 11.1.